The van der Waals surface area contributed by atoms with E-state index in [9.17, 15) is 0 Å². The van der Waals surface area contributed by atoms with E-state index in [1.165, 1.54) is 46.8 Å². The Kier molecular flexibility index (Phi) is 6.34. The number of hydrogen-bond donors (Lipinski definition) is 1. The summed E-state index contributed by atoms with van der Waals surface area (Å²) in [6, 6.07) is 7.33. The monoisotopic (exact) mass is 385 g/mol. The van der Waals surface area contributed by atoms with Crippen molar-refractivity contribution in [3.8, 4) is 0 Å². The van der Waals surface area contributed by atoms with Gasteiger partial charge in [0.15, 0.2) is 0 Å². The first-order valence-corrected chi connectivity index (χ1v) is 9.19. The average Bonchev–Trinajstić information content (AvgIpc) is 2.44. The van der Waals surface area contributed by atoms with Crippen molar-refractivity contribution >= 4 is 22.6 Å². The summed E-state index contributed by atoms with van der Waals surface area (Å²) < 4.78 is 1.46. The Morgan fingerprint density at radius 3 is 2.85 bits per heavy atom. The largest absolute Gasteiger partial charge is 0.310 e. The summed E-state index contributed by atoms with van der Waals surface area (Å²) in [5.41, 5.74) is 2.94. The zero-order valence-electron chi connectivity index (χ0n) is 13.1. The minimum absolute atomic E-state index is 0.546. The summed E-state index contributed by atoms with van der Waals surface area (Å²) >= 11 is 2.53. The lowest BCUT2D eigenvalue weighted by molar-refractivity contribution is 0.223. The lowest BCUT2D eigenvalue weighted by Gasteiger charge is -2.35. The van der Waals surface area contributed by atoms with Crippen molar-refractivity contribution in [1.29, 1.82) is 0 Å². The normalized spacial score (nSPS) is 24.6. The molecule has 0 bridgehead atoms. The molecule has 1 fully saturated rings. The number of rotatable bonds is 5. The molecule has 1 aromatic carbocycles. The van der Waals surface area contributed by atoms with E-state index >= 15 is 0 Å². The van der Waals surface area contributed by atoms with Crippen LogP contribution < -0.4 is 5.32 Å². The molecule has 1 aliphatic carbocycles. The van der Waals surface area contributed by atoms with Crippen molar-refractivity contribution in [2.24, 2.45) is 11.8 Å². The van der Waals surface area contributed by atoms with E-state index in [1.807, 2.05) is 0 Å². The van der Waals surface area contributed by atoms with Crippen LogP contribution in [0.2, 0.25) is 0 Å². The van der Waals surface area contributed by atoms with Gasteiger partial charge in [-0.2, -0.15) is 0 Å². The maximum absolute atomic E-state index is 3.84. The van der Waals surface area contributed by atoms with Crippen molar-refractivity contribution < 1.29 is 0 Å². The Morgan fingerprint density at radius 1 is 1.35 bits per heavy atom. The van der Waals surface area contributed by atoms with Gasteiger partial charge < -0.3 is 5.32 Å². The average molecular weight is 385 g/mol. The number of hydrogen-bond acceptors (Lipinski definition) is 1. The Balaban J connectivity index is 2.24. The van der Waals surface area contributed by atoms with Gasteiger partial charge in [0.05, 0.1) is 0 Å². The highest BCUT2D eigenvalue weighted by atomic mass is 127. The molecule has 1 aromatic rings. The van der Waals surface area contributed by atoms with Gasteiger partial charge in [-0.3, -0.25) is 0 Å². The predicted molar refractivity (Wildman–Crippen MR) is 96.1 cm³/mol. The maximum Gasteiger partial charge on any atom is 0.0359 e. The molecule has 0 aromatic heterocycles. The van der Waals surface area contributed by atoms with E-state index in [1.54, 1.807) is 0 Å². The molecule has 1 nitrogen and oxygen atoms in total. The standard InChI is InChI=1S/C18H28IN/c1-4-11-20-18(15-9-5-7-13(2)12-15)16-10-6-8-14(3)17(16)19/h6,8,10,13,15,18,20H,4-5,7,9,11-12H2,1-3H3. The zero-order valence-corrected chi connectivity index (χ0v) is 15.2. The van der Waals surface area contributed by atoms with Crippen LogP contribution >= 0.6 is 22.6 Å². The van der Waals surface area contributed by atoms with Crippen molar-refractivity contribution in [3.63, 3.8) is 0 Å². The van der Waals surface area contributed by atoms with Gasteiger partial charge in [-0.25, -0.2) is 0 Å². The Labute approximate surface area is 138 Å². The first kappa shape index (κ1) is 16.3. The van der Waals surface area contributed by atoms with Crippen molar-refractivity contribution in [3.05, 3.63) is 32.9 Å². The minimum Gasteiger partial charge on any atom is -0.310 e. The predicted octanol–water partition coefficient (Wildman–Crippen LogP) is 5.47. The third-order valence-corrected chi connectivity index (χ3v) is 6.09. The maximum atomic E-state index is 3.84. The second kappa shape index (κ2) is 7.79. The van der Waals surface area contributed by atoms with Crippen molar-refractivity contribution in [2.45, 2.75) is 58.9 Å². The SMILES string of the molecule is CCCNC(c1cccc(C)c1I)C1CCCC(C)C1. The minimum atomic E-state index is 0.546. The number of aryl methyl sites for hydroxylation is 1. The molecule has 3 unspecified atom stereocenters. The molecule has 0 aliphatic heterocycles. The van der Waals surface area contributed by atoms with Crippen molar-refractivity contribution in [2.75, 3.05) is 6.54 Å². The Bertz CT molecular complexity index is 429. The molecule has 0 amide bonds. The smallest absolute Gasteiger partial charge is 0.0359 e. The highest BCUT2D eigenvalue weighted by molar-refractivity contribution is 14.1. The van der Waals surface area contributed by atoms with Gasteiger partial charge in [-0.15, -0.1) is 0 Å². The molecule has 1 aliphatic rings. The molecular weight excluding hydrogens is 357 g/mol. The van der Waals surface area contributed by atoms with Gasteiger partial charge in [0.25, 0.3) is 0 Å². The highest BCUT2D eigenvalue weighted by Gasteiger charge is 2.28. The zero-order chi connectivity index (χ0) is 14.5. The molecule has 0 spiro atoms. The summed E-state index contributed by atoms with van der Waals surface area (Å²) in [5.74, 6) is 1.70. The summed E-state index contributed by atoms with van der Waals surface area (Å²) in [6.07, 6.45) is 6.79. The Hall–Kier alpha value is -0.0900. The third kappa shape index (κ3) is 3.97. The van der Waals surface area contributed by atoms with Gasteiger partial charge in [0.1, 0.15) is 0 Å². The van der Waals surface area contributed by atoms with E-state index in [-0.39, 0.29) is 0 Å². The summed E-state index contributed by atoms with van der Waals surface area (Å²) in [5, 5.41) is 3.84. The molecule has 1 N–H and O–H groups in total. The fourth-order valence-corrected chi connectivity index (χ4v) is 4.22. The van der Waals surface area contributed by atoms with E-state index in [2.05, 4.69) is 66.9 Å². The second-order valence-corrected chi connectivity index (χ2v) is 7.52. The van der Waals surface area contributed by atoms with Crippen LogP contribution in [0.5, 0.6) is 0 Å². The number of halogens is 1. The fourth-order valence-electron chi connectivity index (χ4n) is 3.52. The van der Waals surface area contributed by atoms with Crippen LogP contribution in [-0.4, -0.2) is 6.54 Å². The molecule has 1 saturated carbocycles. The van der Waals surface area contributed by atoms with Crippen LogP contribution in [0.1, 0.15) is 63.1 Å². The van der Waals surface area contributed by atoms with Crippen LogP contribution in [0.15, 0.2) is 18.2 Å². The summed E-state index contributed by atoms with van der Waals surface area (Å²) in [7, 11) is 0. The molecule has 20 heavy (non-hydrogen) atoms. The quantitative estimate of drug-likeness (QED) is 0.663. The summed E-state index contributed by atoms with van der Waals surface area (Å²) in [6.45, 7) is 8.03. The van der Waals surface area contributed by atoms with Gasteiger partial charge in [-0.1, -0.05) is 44.9 Å². The molecule has 2 heteroatoms. The highest BCUT2D eigenvalue weighted by Crippen LogP contribution is 2.38. The van der Waals surface area contributed by atoms with E-state index < -0.39 is 0 Å². The number of benzene rings is 1. The summed E-state index contributed by atoms with van der Waals surface area (Å²) in [4.78, 5) is 0. The first-order chi connectivity index (χ1) is 9.63. The third-order valence-electron chi connectivity index (χ3n) is 4.62. The van der Waals surface area contributed by atoms with Gasteiger partial charge in [0.2, 0.25) is 0 Å². The van der Waals surface area contributed by atoms with E-state index in [4.69, 9.17) is 0 Å². The van der Waals surface area contributed by atoms with Gasteiger partial charge in [-0.05, 0) is 78.3 Å². The van der Waals surface area contributed by atoms with E-state index in [0.29, 0.717) is 6.04 Å². The molecule has 0 heterocycles. The topological polar surface area (TPSA) is 12.0 Å². The molecule has 112 valence electrons. The molecular formula is C18H28IN. The van der Waals surface area contributed by atoms with Crippen LogP contribution in [0.25, 0.3) is 0 Å². The molecule has 3 atom stereocenters. The van der Waals surface area contributed by atoms with Gasteiger partial charge in [0, 0.05) is 9.61 Å². The second-order valence-electron chi connectivity index (χ2n) is 6.44. The Morgan fingerprint density at radius 2 is 2.15 bits per heavy atom. The fraction of sp³-hybridized carbons (Fsp3) is 0.667. The lowest BCUT2D eigenvalue weighted by Crippen LogP contribution is -2.32. The van der Waals surface area contributed by atoms with Crippen LogP contribution in [0, 0.1) is 22.3 Å². The molecule has 0 radical (unpaired) electrons. The van der Waals surface area contributed by atoms with Crippen molar-refractivity contribution in [1.82, 2.24) is 5.32 Å². The lowest BCUT2D eigenvalue weighted by atomic mass is 9.76. The first-order valence-electron chi connectivity index (χ1n) is 8.11. The van der Waals surface area contributed by atoms with Crippen LogP contribution in [0.4, 0.5) is 0 Å². The molecule has 2 rings (SSSR count). The van der Waals surface area contributed by atoms with Gasteiger partial charge >= 0.3 is 0 Å². The molecule has 0 saturated heterocycles. The number of nitrogens with one attached hydrogen (secondary N) is 1. The van der Waals surface area contributed by atoms with Crippen LogP contribution in [0.3, 0.4) is 0 Å². The van der Waals surface area contributed by atoms with Crippen LogP contribution in [-0.2, 0) is 0 Å². The van der Waals surface area contributed by atoms with E-state index in [0.717, 1.165) is 18.4 Å².